The molecule has 0 saturated heterocycles. The van der Waals surface area contributed by atoms with E-state index in [1.165, 1.54) is 31.3 Å². The molecule has 2 rings (SSSR count). The smallest absolute Gasteiger partial charge is 0.281 e. The molecule has 2 aromatic rings. The number of halogens is 1. The van der Waals surface area contributed by atoms with E-state index in [4.69, 9.17) is 0 Å². The third kappa shape index (κ3) is 2.72. The molecule has 0 unspecified atom stereocenters. The largest absolute Gasteiger partial charge is 0.386 e. The first-order valence-electron chi connectivity index (χ1n) is 5.86. The standard InChI is InChI=1S/C13H14FN3O2S/c1-9-10(14)5-3-6-11(9)17-20(18,19)13-12(15-2)7-4-8-16-13/h3-8,15,17H,1-2H3. The Labute approximate surface area is 116 Å². The maximum absolute atomic E-state index is 13.4. The quantitative estimate of drug-likeness (QED) is 0.908. The summed E-state index contributed by atoms with van der Waals surface area (Å²) in [5.74, 6) is -0.472. The van der Waals surface area contributed by atoms with Gasteiger partial charge in [-0.25, -0.2) is 9.37 Å². The van der Waals surface area contributed by atoms with E-state index >= 15 is 0 Å². The molecule has 1 aromatic heterocycles. The van der Waals surface area contributed by atoms with Gasteiger partial charge in [0.2, 0.25) is 0 Å². The topological polar surface area (TPSA) is 71.1 Å². The molecule has 1 heterocycles. The summed E-state index contributed by atoms with van der Waals surface area (Å²) in [7, 11) is -2.28. The van der Waals surface area contributed by atoms with E-state index in [-0.39, 0.29) is 16.3 Å². The lowest BCUT2D eigenvalue weighted by atomic mass is 10.2. The van der Waals surface area contributed by atoms with E-state index in [1.54, 1.807) is 19.2 Å². The van der Waals surface area contributed by atoms with Gasteiger partial charge in [-0.1, -0.05) is 6.07 Å². The molecular formula is C13H14FN3O2S. The summed E-state index contributed by atoms with van der Waals surface area (Å²) >= 11 is 0. The Hall–Kier alpha value is -2.15. The molecular weight excluding hydrogens is 281 g/mol. The summed E-state index contributed by atoms with van der Waals surface area (Å²) in [6.45, 7) is 1.50. The van der Waals surface area contributed by atoms with Gasteiger partial charge >= 0.3 is 0 Å². The van der Waals surface area contributed by atoms with Crippen LogP contribution in [0.25, 0.3) is 0 Å². The van der Waals surface area contributed by atoms with Gasteiger partial charge in [0.05, 0.1) is 11.4 Å². The second-order valence-electron chi connectivity index (χ2n) is 4.12. The Bertz CT molecular complexity index is 732. The van der Waals surface area contributed by atoms with Crippen LogP contribution in [0.15, 0.2) is 41.6 Å². The van der Waals surface area contributed by atoms with Gasteiger partial charge in [0.15, 0.2) is 5.03 Å². The number of rotatable bonds is 4. The lowest BCUT2D eigenvalue weighted by molar-refractivity contribution is 0.597. The summed E-state index contributed by atoms with van der Waals surface area (Å²) in [6, 6.07) is 7.43. The van der Waals surface area contributed by atoms with Crippen molar-refractivity contribution in [1.82, 2.24) is 4.98 Å². The normalized spacial score (nSPS) is 11.2. The number of anilines is 2. The Kier molecular flexibility index (Phi) is 3.89. The summed E-state index contributed by atoms with van der Waals surface area (Å²) in [6.07, 6.45) is 1.38. The van der Waals surface area contributed by atoms with E-state index in [0.717, 1.165) is 0 Å². The highest BCUT2D eigenvalue weighted by molar-refractivity contribution is 7.92. The van der Waals surface area contributed by atoms with Crippen LogP contribution in [0.3, 0.4) is 0 Å². The van der Waals surface area contributed by atoms with Crippen molar-refractivity contribution in [3.05, 3.63) is 47.9 Å². The molecule has 0 bridgehead atoms. The van der Waals surface area contributed by atoms with Crippen LogP contribution >= 0.6 is 0 Å². The van der Waals surface area contributed by atoms with Crippen LogP contribution in [0.4, 0.5) is 15.8 Å². The predicted molar refractivity (Wildman–Crippen MR) is 75.7 cm³/mol. The minimum atomic E-state index is -3.89. The van der Waals surface area contributed by atoms with Gasteiger partial charge < -0.3 is 5.32 Å². The van der Waals surface area contributed by atoms with Crippen LogP contribution in [0.5, 0.6) is 0 Å². The highest BCUT2D eigenvalue weighted by atomic mass is 32.2. The maximum atomic E-state index is 13.4. The molecule has 1 aromatic carbocycles. The molecule has 0 spiro atoms. The molecule has 2 N–H and O–H groups in total. The minimum Gasteiger partial charge on any atom is -0.386 e. The van der Waals surface area contributed by atoms with Gasteiger partial charge in [0, 0.05) is 18.8 Å². The van der Waals surface area contributed by atoms with Crippen molar-refractivity contribution in [2.24, 2.45) is 0 Å². The van der Waals surface area contributed by atoms with Crippen molar-refractivity contribution in [2.45, 2.75) is 11.9 Å². The molecule has 0 aliphatic rings. The third-order valence-corrected chi connectivity index (χ3v) is 4.13. The maximum Gasteiger partial charge on any atom is 0.281 e. The number of benzene rings is 1. The number of nitrogens with zero attached hydrogens (tertiary/aromatic N) is 1. The van der Waals surface area contributed by atoms with E-state index in [2.05, 4.69) is 15.0 Å². The molecule has 0 fully saturated rings. The highest BCUT2D eigenvalue weighted by Gasteiger charge is 2.20. The molecule has 0 atom stereocenters. The van der Waals surface area contributed by atoms with Crippen molar-refractivity contribution < 1.29 is 12.8 Å². The molecule has 5 nitrogen and oxygen atoms in total. The molecule has 0 aliphatic carbocycles. The molecule has 20 heavy (non-hydrogen) atoms. The monoisotopic (exact) mass is 295 g/mol. The number of sulfonamides is 1. The van der Waals surface area contributed by atoms with Crippen molar-refractivity contribution in [2.75, 3.05) is 17.1 Å². The summed E-state index contributed by atoms with van der Waals surface area (Å²) < 4.78 is 40.4. The number of nitrogens with one attached hydrogen (secondary N) is 2. The number of pyridine rings is 1. The first-order valence-corrected chi connectivity index (χ1v) is 7.34. The Morgan fingerprint density at radius 1 is 1.15 bits per heavy atom. The second-order valence-corrected chi connectivity index (χ2v) is 5.72. The van der Waals surface area contributed by atoms with Crippen LogP contribution < -0.4 is 10.0 Å². The van der Waals surface area contributed by atoms with E-state index in [9.17, 15) is 12.8 Å². The zero-order chi connectivity index (χ0) is 14.8. The van der Waals surface area contributed by atoms with Crippen LogP contribution in [-0.2, 0) is 10.0 Å². The van der Waals surface area contributed by atoms with Gasteiger partial charge in [0.1, 0.15) is 5.82 Å². The highest BCUT2D eigenvalue weighted by Crippen LogP contribution is 2.23. The Balaban J connectivity index is 2.44. The van der Waals surface area contributed by atoms with Crippen molar-refractivity contribution in [1.29, 1.82) is 0 Å². The zero-order valence-corrected chi connectivity index (χ0v) is 11.8. The van der Waals surface area contributed by atoms with Gasteiger partial charge in [-0.2, -0.15) is 8.42 Å². The fourth-order valence-corrected chi connectivity index (χ4v) is 2.97. The Morgan fingerprint density at radius 3 is 2.55 bits per heavy atom. The second kappa shape index (κ2) is 5.46. The van der Waals surface area contributed by atoms with Crippen LogP contribution in [0.2, 0.25) is 0 Å². The predicted octanol–water partition coefficient (Wildman–Crippen LogP) is 2.37. The average Bonchev–Trinajstić information content (AvgIpc) is 2.43. The fourth-order valence-electron chi connectivity index (χ4n) is 1.71. The first kappa shape index (κ1) is 14.3. The number of hydrogen-bond acceptors (Lipinski definition) is 4. The van der Waals surface area contributed by atoms with Gasteiger partial charge in [-0.15, -0.1) is 0 Å². The summed E-state index contributed by atoms with van der Waals surface area (Å²) in [4.78, 5) is 3.86. The lowest BCUT2D eigenvalue weighted by Gasteiger charge is -2.12. The zero-order valence-electron chi connectivity index (χ0n) is 11.0. The molecule has 0 saturated carbocycles. The minimum absolute atomic E-state index is 0.133. The van der Waals surface area contributed by atoms with Crippen LogP contribution in [0.1, 0.15) is 5.56 Å². The summed E-state index contributed by atoms with van der Waals surface area (Å²) in [5.41, 5.74) is 0.796. The van der Waals surface area contributed by atoms with E-state index in [1.807, 2.05) is 0 Å². The SMILES string of the molecule is CNc1cccnc1S(=O)(=O)Nc1cccc(F)c1C. The molecule has 0 radical (unpaired) electrons. The lowest BCUT2D eigenvalue weighted by Crippen LogP contribution is -2.17. The first-order chi connectivity index (χ1) is 9.45. The van der Waals surface area contributed by atoms with Gasteiger partial charge in [-0.05, 0) is 31.2 Å². The van der Waals surface area contributed by atoms with E-state index in [0.29, 0.717) is 5.69 Å². The molecule has 7 heteroatoms. The third-order valence-electron chi connectivity index (χ3n) is 2.81. The number of hydrogen-bond donors (Lipinski definition) is 2. The molecule has 106 valence electrons. The molecule has 0 aliphatic heterocycles. The van der Waals surface area contributed by atoms with E-state index < -0.39 is 15.8 Å². The van der Waals surface area contributed by atoms with Crippen molar-refractivity contribution >= 4 is 21.4 Å². The summed E-state index contributed by atoms with van der Waals surface area (Å²) in [5, 5.41) is 2.62. The molecule has 0 amide bonds. The van der Waals surface area contributed by atoms with Gasteiger partial charge in [-0.3, -0.25) is 4.72 Å². The number of aromatic nitrogens is 1. The van der Waals surface area contributed by atoms with Gasteiger partial charge in [0.25, 0.3) is 10.0 Å². The van der Waals surface area contributed by atoms with Crippen LogP contribution in [0, 0.1) is 12.7 Å². The Morgan fingerprint density at radius 2 is 1.85 bits per heavy atom. The van der Waals surface area contributed by atoms with Crippen LogP contribution in [-0.4, -0.2) is 20.4 Å². The average molecular weight is 295 g/mol. The van der Waals surface area contributed by atoms with Crippen molar-refractivity contribution in [3.63, 3.8) is 0 Å². The fraction of sp³-hybridized carbons (Fsp3) is 0.154. The van der Waals surface area contributed by atoms with Crippen molar-refractivity contribution in [3.8, 4) is 0 Å².